The van der Waals surface area contributed by atoms with E-state index in [1.165, 1.54) is 37.8 Å². The van der Waals surface area contributed by atoms with Crippen LogP contribution in [0.5, 0.6) is 0 Å². The van der Waals surface area contributed by atoms with Crippen LogP contribution >= 0.6 is 11.6 Å². The van der Waals surface area contributed by atoms with Gasteiger partial charge in [0, 0.05) is 36.7 Å². The van der Waals surface area contributed by atoms with E-state index < -0.39 is 0 Å². The minimum Gasteiger partial charge on any atom is -0.311 e. The first-order valence-electron chi connectivity index (χ1n) is 8.12. The van der Waals surface area contributed by atoms with Gasteiger partial charge in [-0.15, -0.1) is 0 Å². The van der Waals surface area contributed by atoms with Crippen LogP contribution in [0.4, 0.5) is 4.39 Å². The summed E-state index contributed by atoms with van der Waals surface area (Å²) in [6.07, 6.45) is 5.45. The molecule has 4 rings (SSSR count). The molecule has 1 N–H and O–H groups in total. The summed E-state index contributed by atoms with van der Waals surface area (Å²) in [5.41, 5.74) is 1.06. The zero-order valence-corrected chi connectivity index (χ0v) is 13.0. The van der Waals surface area contributed by atoms with Crippen molar-refractivity contribution >= 4 is 11.6 Å². The first kappa shape index (κ1) is 14.0. The molecule has 0 spiro atoms. The van der Waals surface area contributed by atoms with Crippen LogP contribution < -0.4 is 5.32 Å². The highest BCUT2D eigenvalue weighted by molar-refractivity contribution is 6.31. The van der Waals surface area contributed by atoms with Gasteiger partial charge in [0.1, 0.15) is 5.82 Å². The van der Waals surface area contributed by atoms with Crippen LogP contribution in [0.15, 0.2) is 18.2 Å². The maximum Gasteiger partial charge on any atom is 0.124 e. The molecule has 114 valence electrons. The number of nitrogens with zero attached hydrogens (tertiary/aromatic N) is 1. The summed E-state index contributed by atoms with van der Waals surface area (Å²) in [6.45, 7) is 3.06. The largest absolute Gasteiger partial charge is 0.311 e. The van der Waals surface area contributed by atoms with Gasteiger partial charge in [-0.05, 0) is 55.2 Å². The van der Waals surface area contributed by atoms with Crippen molar-refractivity contribution in [1.82, 2.24) is 10.2 Å². The van der Waals surface area contributed by atoms with E-state index >= 15 is 0 Å². The lowest BCUT2D eigenvalue weighted by Crippen LogP contribution is -2.57. The van der Waals surface area contributed by atoms with Crippen molar-refractivity contribution < 1.29 is 4.39 Å². The average molecular weight is 309 g/mol. The van der Waals surface area contributed by atoms with Crippen molar-refractivity contribution in [2.75, 3.05) is 13.1 Å². The van der Waals surface area contributed by atoms with E-state index in [4.69, 9.17) is 11.6 Å². The number of nitrogens with one attached hydrogen (secondary N) is 1. The van der Waals surface area contributed by atoms with Crippen LogP contribution in [-0.2, 0) is 6.54 Å². The summed E-state index contributed by atoms with van der Waals surface area (Å²) >= 11 is 6.22. The first-order chi connectivity index (χ1) is 10.2. The summed E-state index contributed by atoms with van der Waals surface area (Å²) in [5, 5.41) is 4.32. The predicted octanol–water partition coefficient (Wildman–Crippen LogP) is 3.44. The van der Waals surface area contributed by atoms with Gasteiger partial charge in [0.25, 0.3) is 0 Å². The normalized spacial score (nSPS) is 30.6. The predicted molar refractivity (Wildman–Crippen MR) is 82.8 cm³/mol. The lowest BCUT2D eigenvalue weighted by molar-refractivity contribution is 0.100. The Morgan fingerprint density at radius 3 is 2.62 bits per heavy atom. The Morgan fingerprint density at radius 2 is 1.95 bits per heavy atom. The maximum absolute atomic E-state index is 13.2. The molecule has 2 unspecified atom stereocenters. The molecular formula is C17H22ClFN2. The summed E-state index contributed by atoms with van der Waals surface area (Å²) in [4.78, 5) is 2.59. The third kappa shape index (κ3) is 3.10. The first-order valence-corrected chi connectivity index (χ1v) is 8.50. The fraction of sp³-hybridized carbons (Fsp3) is 0.647. The van der Waals surface area contributed by atoms with Crippen molar-refractivity contribution in [2.45, 2.75) is 44.3 Å². The highest BCUT2D eigenvalue weighted by atomic mass is 35.5. The standard InChI is InChI=1S/C17H22ClFN2/c18-15-7-14(19)6-5-13(15)9-21-10-16(11-1-2-11)20-8-17(21)12-3-4-12/h5-7,11-12,16-17,20H,1-4,8-10H2. The van der Waals surface area contributed by atoms with Gasteiger partial charge in [0.05, 0.1) is 0 Å². The van der Waals surface area contributed by atoms with Gasteiger partial charge >= 0.3 is 0 Å². The minimum atomic E-state index is -0.251. The molecule has 1 aromatic carbocycles. The Bertz CT molecular complexity index is 528. The Hall–Kier alpha value is -0.640. The monoisotopic (exact) mass is 308 g/mol. The van der Waals surface area contributed by atoms with E-state index in [1.54, 1.807) is 0 Å². The summed E-state index contributed by atoms with van der Waals surface area (Å²) in [6, 6.07) is 6.06. The molecule has 1 heterocycles. The maximum atomic E-state index is 13.2. The van der Waals surface area contributed by atoms with Crippen molar-refractivity contribution in [3.63, 3.8) is 0 Å². The second-order valence-electron chi connectivity index (χ2n) is 6.92. The van der Waals surface area contributed by atoms with E-state index in [0.717, 1.165) is 37.0 Å². The van der Waals surface area contributed by atoms with E-state index in [2.05, 4.69) is 10.2 Å². The van der Waals surface area contributed by atoms with E-state index in [-0.39, 0.29) is 5.82 Å². The van der Waals surface area contributed by atoms with Gasteiger partial charge in [0.15, 0.2) is 0 Å². The molecule has 0 bridgehead atoms. The lowest BCUT2D eigenvalue weighted by Gasteiger charge is -2.41. The summed E-state index contributed by atoms with van der Waals surface area (Å²) < 4.78 is 13.2. The SMILES string of the molecule is Fc1ccc(CN2CC(C3CC3)NCC2C2CC2)c(Cl)c1. The molecule has 2 nitrogen and oxygen atoms in total. The molecule has 1 saturated heterocycles. The molecule has 3 aliphatic rings. The van der Waals surface area contributed by atoms with Crippen molar-refractivity contribution in [3.05, 3.63) is 34.6 Å². The molecule has 1 aliphatic heterocycles. The van der Waals surface area contributed by atoms with E-state index in [1.807, 2.05) is 6.07 Å². The van der Waals surface area contributed by atoms with Crippen molar-refractivity contribution in [3.8, 4) is 0 Å². The zero-order chi connectivity index (χ0) is 14.4. The second kappa shape index (κ2) is 5.53. The van der Waals surface area contributed by atoms with Gasteiger partial charge < -0.3 is 5.32 Å². The molecule has 3 fully saturated rings. The van der Waals surface area contributed by atoms with Crippen LogP contribution in [0.25, 0.3) is 0 Å². The van der Waals surface area contributed by atoms with Gasteiger partial charge in [-0.3, -0.25) is 4.90 Å². The average Bonchev–Trinajstić information content (AvgIpc) is 3.35. The minimum absolute atomic E-state index is 0.251. The Kier molecular flexibility index (Phi) is 3.68. The Labute approximate surface area is 130 Å². The van der Waals surface area contributed by atoms with Gasteiger partial charge in [-0.2, -0.15) is 0 Å². The molecule has 2 atom stereocenters. The van der Waals surface area contributed by atoms with E-state index in [0.29, 0.717) is 17.1 Å². The summed E-state index contributed by atoms with van der Waals surface area (Å²) in [5.74, 6) is 1.46. The van der Waals surface area contributed by atoms with Gasteiger partial charge in [0.2, 0.25) is 0 Å². The molecule has 21 heavy (non-hydrogen) atoms. The highest BCUT2D eigenvalue weighted by Gasteiger charge is 2.42. The van der Waals surface area contributed by atoms with Crippen LogP contribution in [0, 0.1) is 17.7 Å². The molecule has 1 aromatic rings. The molecule has 2 aliphatic carbocycles. The molecule has 0 amide bonds. The van der Waals surface area contributed by atoms with Crippen LogP contribution in [0.1, 0.15) is 31.2 Å². The molecule has 4 heteroatoms. The zero-order valence-electron chi connectivity index (χ0n) is 12.2. The number of hydrogen-bond acceptors (Lipinski definition) is 2. The number of piperazine rings is 1. The highest BCUT2D eigenvalue weighted by Crippen LogP contribution is 2.40. The Balaban J connectivity index is 1.50. The quantitative estimate of drug-likeness (QED) is 0.916. The van der Waals surface area contributed by atoms with E-state index in [9.17, 15) is 4.39 Å². The number of benzene rings is 1. The van der Waals surface area contributed by atoms with Crippen LogP contribution in [0.2, 0.25) is 5.02 Å². The lowest BCUT2D eigenvalue weighted by atomic mass is 10.0. The molecular weight excluding hydrogens is 287 g/mol. The molecule has 0 aromatic heterocycles. The number of halogens is 2. The third-order valence-electron chi connectivity index (χ3n) is 5.24. The molecule has 2 saturated carbocycles. The smallest absolute Gasteiger partial charge is 0.124 e. The van der Waals surface area contributed by atoms with Crippen LogP contribution in [0.3, 0.4) is 0 Å². The third-order valence-corrected chi connectivity index (χ3v) is 5.59. The second-order valence-corrected chi connectivity index (χ2v) is 7.33. The topological polar surface area (TPSA) is 15.3 Å². The number of hydrogen-bond donors (Lipinski definition) is 1. The van der Waals surface area contributed by atoms with Crippen LogP contribution in [-0.4, -0.2) is 30.1 Å². The fourth-order valence-corrected chi connectivity index (χ4v) is 3.89. The van der Waals surface area contributed by atoms with Crippen molar-refractivity contribution in [2.24, 2.45) is 11.8 Å². The summed E-state index contributed by atoms with van der Waals surface area (Å²) in [7, 11) is 0. The number of rotatable bonds is 4. The molecule has 0 radical (unpaired) electrons. The fourth-order valence-electron chi connectivity index (χ4n) is 3.66. The van der Waals surface area contributed by atoms with Gasteiger partial charge in [-0.1, -0.05) is 17.7 Å². The van der Waals surface area contributed by atoms with Crippen molar-refractivity contribution in [1.29, 1.82) is 0 Å². The van der Waals surface area contributed by atoms with Gasteiger partial charge in [-0.25, -0.2) is 4.39 Å². The Morgan fingerprint density at radius 1 is 1.19 bits per heavy atom.